The Bertz CT molecular complexity index is 485. The van der Waals surface area contributed by atoms with Crippen LogP contribution in [0.2, 0.25) is 0 Å². The molecule has 20 heavy (non-hydrogen) atoms. The average molecular weight is 278 g/mol. The molecule has 2 N–H and O–H groups in total. The Kier molecular flexibility index (Phi) is 4.48. The van der Waals surface area contributed by atoms with Gasteiger partial charge in [-0.25, -0.2) is 4.98 Å². The molecule has 0 radical (unpaired) electrons. The molecule has 0 saturated heterocycles. The van der Waals surface area contributed by atoms with Crippen molar-refractivity contribution in [3.8, 4) is 0 Å². The number of imidazole rings is 1. The van der Waals surface area contributed by atoms with Gasteiger partial charge in [-0.05, 0) is 6.92 Å². The molecule has 0 aliphatic carbocycles. The first-order valence-electron chi connectivity index (χ1n) is 7.49. The fourth-order valence-electron chi connectivity index (χ4n) is 2.68. The summed E-state index contributed by atoms with van der Waals surface area (Å²) in [6, 6.07) is 0. The Labute approximate surface area is 121 Å². The third kappa shape index (κ3) is 3.20. The standard InChI is InChI=1S/C15H26N4O/c1-5-17-13(20)7-9-19-12-6-8-16-10-11(12)18-14(19)15(2,3)4/h16H,5-10H2,1-4H3,(H,17,20). The highest BCUT2D eigenvalue weighted by molar-refractivity contribution is 5.75. The molecule has 2 rings (SSSR count). The van der Waals surface area contributed by atoms with E-state index < -0.39 is 0 Å². The first-order valence-corrected chi connectivity index (χ1v) is 7.49. The Morgan fingerprint density at radius 3 is 2.85 bits per heavy atom. The van der Waals surface area contributed by atoms with Crippen LogP contribution in [0.3, 0.4) is 0 Å². The summed E-state index contributed by atoms with van der Waals surface area (Å²) in [5.74, 6) is 1.21. The topological polar surface area (TPSA) is 59.0 Å². The number of nitrogens with one attached hydrogen (secondary N) is 2. The van der Waals surface area contributed by atoms with Gasteiger partial charge in [-0.1, -0.05) is 20.8 Å². The van der Waals surface area contributed by atoms with Crippen LogP contribution in [0.15, 0.2) is 0 Å². The van der Waals surface area contributed by atoms with E-state index in [1.165, 1.54) is 5.69 Å². The lowest BCUT2D eigenvalue weighted by molar-refractivity contribution is -0.121. The predicted molar refractivity (Wildman–Crippen MR) is 79.6 cm³/mol. The number of nitrogens with zero attached hydrogens (tertiary/aromatic N) is 2. The summed E-state index contributed by atoms with van der Waals surface area (Å²) in [5.41, 5.74) is 2.45. The summed E-state index contributed by atoms with van der Waals surface area (Å²) in [4.78, 5) is 16.5. The van der Waals surface area contributed by atoms with Crippen molar-refractivity contribution in [1.82, 2.24) is 20.2 Å². The second kappa shape index (κ2) is 5.95. The van der Waals surface area contributed by atoms with Crippen LogP contribution in [0.4, 0.5) is 0 Å². The second-order valence-corrected chi connectivity index (χ2v) is 6.36. The average Bonchev–Trinajstić information content (AvgIpc) is 2.75. The van der Waals surface area contributed by atoms with E-state index in [2.05, 4.69) is 36.0 Å². The molecule has 0 spiro atoms. The van der Waals surface area contributed by atoms with Gasteiger partial charge < -0.3 is 15.2 Å². The highest BCUT2D eigenvalue weighted by Crippen LogP contribution is 2.26. The quantitative estimate of drug-likeness (QED) is 0.874. The van der Waals surface area contributed by atoms with Gasteiger partial charge in [0.1, 0.15) is 5.82 Å². The molecule has 5 heteroatoms. The van der Waals surface area contributed by atoms with E-state index in [0.717, 1.165) is 37.6 Å². The van der Waals surface area contributed by atoms with Crippen LogP contribution in [0.5, 0.6) is 0 Å². The van der Waals surface area contributed by atoms with Gasteiger partial charge in [0, 0.05) is 50.1 Å². The van der Waals surface area contributed by atoms with Crippen molar-refractivity contribution in [2.75, 3.05) is 13.1 Å². The molecule has 0 fully saturated rings. The molecule has 1 aromatic heterocycles. The number of fused-ring (bicyclic) bond motifs is 1. The largest absolute Gasteiger partial charge is 0.356 e. The Morgan fingerprint density at radius 1 is 1.45 bits per heavy atom. The molecule has 112 valence electrons. The number of carbonyl (C=O) groups excluding carboxylic acids is 1. The van der Waals surface area contributed by atoms with Gasteiger partial charge in [-0.2, -0.15) is 0 Å². The molecule has 0 bridgehead atoms. The molecule has 0 atom stereocenters. The second-order valence-electron chi connectivity index (χ2n) is 6.36. The third-order valence-electron chi connectivity index (χ3n) is 3.59. The number of hydrogen-bond donors (Lipinski definition) is 2. The first kappa shape index (κ1) is 15.0. The minimum absolute atomic E-state index is 0.00142. The maximum absolute atomic E-state index is 11.7. The van der Waals surface area contributed by atoms with E-state index in [4.69, 9.17) is 4.98 Å². The maximum Gasteiger partial charge on any atom is 0.221 e. The maximum atomic E-state index is 11.7. The predicted octanol–water partition coefficient (Wildman–Crippen LogP) is 1.35. The summed E-state index contributed by atoms with van der Waals surface area (Å²) in [5, 5.41) is 6.22. The Morgan fingerprint density at radius 2 is 2.20 bits per heavy atom. The van der Waals surface area contributed by atoms with Crippen LogP contribution < -0.4 is 10.6 Å². The van der Waals surface area contributed by atoms with Crippen LogP contribution in [-0.4, -0.2) is 28.5 Å². The zero-order chi connectivity index (χ0) is 14.8. The van der Waals surface area contributed by atoms with Gasteiger partial charge in [0.2, 0.25) is 5.91 Å². The van der Waals surface area contributed by atoms with Crippen LogP contribution in [0.25, 0.3) is 0 Å². The lowest BCUT2D eigenvalue weighted by atomic mass is 9.95. The van der Waals surface area contributed by atoms with Gasteiger partial charge >= 0.3 is 0 Å². The molecule has 1 aliphatic heterocycles. The van der Waals surface area contributed by atoms with Crippen LogP contribution in [0.1, 0.15) is 51.3 Å². The zero-order valence-electron chi connectivity index (χ0n) is 13.0. The lowest BCUT2D eigenvalue weighted by Gasteiger charge is -2.21. The summed E-state index contributed by atoms with van der Waals surface area (Å²) in [7, 11) is 0. The van der Waals surface area contributed by atoms with Crippen LogP contribution >= 0.6 is 0 Å². The Hall–Kier alpha value is -1.36. The van der Waals surface area contributed by atoms with Gasteiger partial charge in [-0.3, -0.25) is 4.79 Å². The summed E-state index contributed by atoms with van der Waals surface area (Å²) in [6.07, 6.45) is 1.51. The Balaban J connectivity index is 2.24. The van der Waals surface area contributed by atoms with E-state index in [0.29, 0.717) is 13.0 Å². The normalized spacial score (nSPS) is 15.0. The van der Waals surface area contributed by atoms with Crippen molar-refractivity contribution in [2.45, 2.75) is 59.0 Å². The van der Waals surface area contributed by atoms with Crippen molar-refractivity contribution in [3.05, 3.63) is 17.2 Å². The SMILES string of the molecule is CCNC(=O)CCn1c(C(C)(C)C)nc2c1CCNC2. The number of hydrogen-bond acceptors (Lipinski definition) is 3. The van der Waals surface area contributed by atoms with Gasteiger partial charge in [0.25, 0.3) is 0 Å². The molecule has 0 aromatic carbocycles. The van der Waals surface area contributed by atoms with Gasteiger partial charge in [0.05, 0.1) is 5.69 Å². The molecule has 1 aliphatic rings. The van der Waals surface area contributed by atoms with Crippen LogP contribution in [0, 0.1) is 0 Å². The molecule has 2 heterocycles. The van der Waals surface area contributed by atoms with Gasteiger partial charge in [0.15, 0.2) is 0 Å². The summed E-state index contributed by atoms with van der Waals surface area (Å²) < 4.78 is 2.27. The number of amides is 1. The molecule has 1 amide bonds. The van der Waals surface area contributed by atoms with Crippen molar-refractivity contribution in [2.24, 2.45) is 0 Å². The molecule has 0 unspecified atom stereocenters. The first-order chi connectivity index (χ1) is 9.43. The molecular formula is C15H26N4O. The fraction of sp³-hybridized carbons (Fsp3) is 0.733. The third-order valence-corrected chi connectivity index (χ3v) is 3.59. The molecule has 1 aromatic rings. The van der Waals surface area contributed by atoms with Crippen molar-refractivity contribution >= 4 is 5.91 Å². The van der Waals surface area contributed by atoms with E-state index >= 15 is 0 Å². The highest BCUT2D eigenvalue weighted by atomic mass is 16.1. The van der Waals surface area contributed by atoms with Crippen molar-refractivity contribution in [1.29, 1.82) is 0 Å². The van der Waals surface area contributed by atoms with Crippen LogP contribution in [-0.2, 0) is 29.7 Å². The van der Waals surface area contributed by atoms with Gasteiger partial charge in [-0.15, -0.1) is 0 Å². The van der Waals surface area contributed by atoms with E-state index in [9.17, 15) is 4.79 Å². The number of carbonyl (C=O) groups is 1. The van der Waals surface area contributed by atoms with E-state index in [1.54, 1.807) is 0 Å². The molecule has 5 nitrogen and oxygen atoms in total. The fourth-order valence-corrected chi connectivity index (χ4v) is 2.68. The van der Waals surface area contributed by atoms with E-state index in [1.807, 2.05) is 6.92 Å². The summed E-state index contributed by atoms with van der Waals surface area (Å²) >= 11 is 0. The van der Waals surface area contributed by atoms with E-state index in [-0.39, 0.29) is 11.3 Å². The number of rotatable bonds is 4. The zero-order valence-corrected chi connectivity index (χ0v) is 13.0. The molecule has 0 saturated carbocycles. The highest BCUT2D eigenvalue weighted by Gasteiger charge is 2.27. The lowest BCUT2D eigenvalue weighted by Crippen LogP contribution is -2.28. The van der Waals surface area contributed by atoms with Crippen molar-refractivity contribution in [3.63, 3.8) is 0 Å². The van der Waals surface area contributed by atoms with Crippen molar-refractivity contribution < 1.29 is 4.79 Å². The molecular weight excluding hydrogens is 252 g/mol. The minimum Gasteiger partial charge on any atom is -0.356 e. The summed E-state index contributed by atoms with van der Waals surface area (Å²) in [6.45, 7) is 11.7. The minimum atomic E-state index is -0.00142. The smallest absolute Gasteiger partial charge is 0.221 e. The number of aromatic nitrogens is 2. The monoisotopic (exact) mass is 278 g/mol.